The monoisotopic (exact) mass is 502 g/mol. The number of ether oxygens (including phenoxy) is 1. The number of aryl methyl sites for hydroxylation is 1. The average molecular weight is 502 g/mol. The van der Waals surface area contributed by atoms with Crippen molar-refractivity contribution in [1.29, 1.82) is 0 Å². The van der Waals surface area contributed by atoms with Crippen molar-refractivity contribution in [3.63, 3.8) is 0 Å². The van der Waals surface area contributed by atoms with E-state index in [4.69, 9.17) is 19.4 Å². The third kappa shape index (κ3) is 6.70. The fraction of sp³-hybridized carbons (Fsp3) is 0.600. The van der Waals surface area contributed by atoms with Gasteiger partial charge in [0.25, 0.3) is 11.5 Å². The number of aromatic nitrogens is 2. The van der Waals surface area contributed by atoms with Crippen LogP contribution in [0.2, 0.25) is 0 Å². The molecule has 1 aromatic rings. The first kappa shape index (κ1) is 25.2. The molecule has 0 bridgehead atoms. The summed E-state index contributed by atoms with van der Waals surface area (Å²) in [6, 6.07) is 0. The Kier molecular flexibility index (Phi) is 7.09. The third-order valence-corrected chi connectivity index (χ3v) is 7.30. The SMILES string of the molecule is Cc1cn([C@H]2CC(F)(F)[C@@H](COP(=O)(O)OP(=O)(O)OP(=O)(O)O)O2)c(=O)[nH]c1=O. The Hall–Kier alpha value is -1.09. The fourth-order valence-corrected chi connectivity index (χ4v) is 5.31. The second kappa shape index (κ2) is 8.45. The second-order valence-electron chi connectivity index (χ2n) is 5.91. The molecule has 0 aromatic carbocycles. The quantitative estimate of drug-likeness (QED) is 0.298. The van der Waals surface area contributed by atoms with Gasteiger partial charge < -0.3 is 24.3 Å². The Bertz CT molecular complexity index is 1060. The number of H-pyrrole nitrogens is 1. The maximum atomic E-state index is 14.2. The van der Waals surface area contributed by atoms with E-state index >= 15 is 0 Å². The van der Waals surface area contributed by atoms with Crippen LogP contribution in [0.15, 0.2) is 15.8 Å². The standard InChI is InChI=1S/C10H15F2N2O13P3/c1-5-3-14(9(16)13-8(5)15)7-2-10(11,12)6(25-7)4-24-29(20,21)27-30(22,23)26-28(17,18)19/h3,6-7H,2,4H2,1H3,(H,20,21)(H,22,23)(H,13,15,16)(H2,17,18,19)/t6-,7-/m1/s1. The van der Waals surface area contributed by atoms with Crippen molar-refractivity contribution < 1.29 is 59.9 Å². The molecule has 0 radical (unpaired) electrons. The largest absolute Gasteiger partial charge is 0.490 e. The van der Waals surface area contributed by atoms with Crippen molar-refractivity contribution in [2.75, 3.05) is 6.61 Å². The molecule has 1 aromatic heterocycles. The molecule has 4 atom stereocenters. The Labute approximate surface area is 164 Å². The first-order valence-corrected chi connectivity index (χ1v) is 12.1. The highest BCUT2D eigenvalue weighted by Crippen LogP contribution is 2.66. The lowest BCUT2D eigenvalue weighted by molar-refractivity contribution is -0.100. The molecule has 1 aliphatic heterocycles. The van der Waals surface area contributed by atoms with Gasteiger partial charge in [-0.15, -0.1) is 0 Å². The highest BCUT2D eigenvalue weighted by molar-refractivity contribution is 7.66. The fourth-order valence-electron chi connectivity index (χ4n) is 2.29. The van der Waals surface area contributed by atoms with Gasteiger partial charge in [-0.2, -0.15) is 8.62 Å². The van der Waals surface area contributed by atoms with Crippen molar-refractivity contribution in [1.82, 2.24) is 9.55 Å². The number of hydrogen-bond donors (Lipinski definition) is 5. The molecule has 30 heavy (non-hydrogen) atoms. The average Bonchev–Trinajstić information content (AvgIpc) is 2.80. The summed E-state index contributed by atoms with van der Waals surface area (Å²) in [5, 5.41) is 0. The van der Waals surface area contributed by atoms with Crippen LogP contribution in [0.25, 0.3) is 0 Å². The molecule has 0 saturated carbocycles. The minimum Gasteiger partial charge on any atom is -0.346 e. The molecule has 2 unspecified atom stereocenters. The molecular formula is C10H15F2N2O13P3. The van der Waals surface area contributed by atoms with Crippen LogP contribution in [0.5, 0.6) is 0 Å². The summed E-state index contributed by atoms with van der Waals surface area (Å²) >= 11 is 0. The van der Waals surface area contributed by atoms with Gasteiger partial charge in [0.2, 0.25) is 0 Å². The Morgan fingerprint density at radius 3 is 2.37 bits per heavy atom. The number of rotatable bonds is 8. The molecule has 15 nitrogen and oxygen atoms in total. The normalized spacial score (nSPS) is 25.6. The van der Waals surface area contributed by atoms with E-state index in [-0.39, 0.29) is 5.56 Å². The summed E-state index contributed by atoms with van der Waals surface area (Å²) in [6.07, 6.45) is -3.97. The van der Waals surface area contributed by atoms with Crippen LogP contribution < -0.4 is 11.2 Å². The van der Waals surface area contributed by atoms with Crippen LogP contribution in [0.1, 0.15) is 18.2 Å². The minimum absolute atomic E-state index is 0.0122. The van der Waals surface area contributed by atoms with Crippen LogP contribution in [0.4, 0.5) is 8.78 Å². The molecule has 0 spiro atoms. The Balaban J connectivity index is 2.10. The van der Waals surface area contributed by atoms with E-state index in [2.05, 4.69) is 13.1 Å². The van der Waals surface area contributed by atoms with Crippen LogP contribution >= 0.6 is 23.5 Å². The Morgan fingerprint density at radius 1 is 1.20 bits per heavy atom. The molecule has 1 fully saturated rings. The lowest BCUT2D eigenvalue weighted by atomic mass is 10.1. The number of halogens is 2. The van der Waals surface area contributed by atoms with Crippen LogP contribution in [0, 0.1) is 6.92 Å². The van der Waals surface area contributed by atoms with E-state index in [9.17, 15) is 37.0 Å². The topological polar surface area (TPSA) is 224 Å². The van der Waals surface area contributed by atoms with E-state index in [0.717, 1.165) is 6.20 Å². The van der Waals surface area contributed by atoms with Crippen molar-refractivity contribution in [2.45, 2.75) is 31.6 Å². The van der Waals surface area contributed by atoms with Gasteiger partial charge in [-0.05, 0) is 6.92 Å². The molecule has 1 aliphatic rings. The zero-order valence-electron chi connectivity index (χ0n) is 14.7. The molecule has 0 amide bonds. The summed E-state index contributed by atoms with van der Waals surface area (Å²) in [6.45, 7) is -0.0982. The van der Waals surface area contributed by atoms with Crippen molar-refractivity contribution in [3.05, 3.63) is 32.6 Å². The van der Waals surface area contributed by atoms with Crippen molar-refractivity contribution >= 4 is 23.5 Å². The molecule has 5 N–H and O–H groups in total. The van der Waals surface area contributed by atoms with Gasteiger partial charge in [-0.25, -0.2) is 27.3 Å². The second-order valence-corrected chi connectivity index (χ2v) is 10.3. The number of nitrogens with zero attached hydrogens (tertiary/aromatic N) is 1. The van der Waals surface area contributed by atoms with Crippen LogP contribution in [-0.2, 0) is 31.6 Å². The first-order chi connectivity index (χ1) is 13.4. The lowest BCUT2D eigenvalue weighted by Crippen LogP contribution is -2.33. The van der Waals surface area contributed by atoms with E-state index in [1.165, 1.54) is 6.92 Å². The number of phosphoric ester groups is 1. The lowest BCUT2D eigenvalue weighted by Gasteiger charge is -2.20. The summed E-state index contributed by atoms with van der Waals surface area (Å²) in [5.74, 6) is -3.72. The third-order valence-electron chi connectivity index (χ3n) is 3.50. The van der Waals surface area contributed by atoms with Gasteiger partial charge in [0.15, 0.2) is 0 Å². The number of phosphoric acid groups is 3. The first-order valence-electron chi connectivity index (χ1n) is 7.54. The Morgan fingerprint density at radius 2 is 1.80 bits per heavy atom. The summed E-state index contributed by atoms with van der Waals surface area (Å²) in [4.78, 5) is 60.2. The van der Waals surface area contributed by atoms with Crippen LogP contribution in [-0.4, -0.2) is 47.8 Å². The molecule has 0 aliphatic carbocycles. The molecule has 172 valence electrons. The smallest absolute Gasteiger partial charge is 0.346 e. The molecule has 2 heterocycles. The molecule has 1 saturated heterocycles. The van der Waals surface area contributed by atoms with Crippen molar-refractivity contribution in [3.8, 4) is 0 Å². The maximum Gasteiger partial charge on any atom is 0.490 e. The van der Waals surface area contributed by atoms with Gasteiger partial charge >= 0.3 is 29.2 Å². The zero-order valence-corrected chi connectivity index (χ0v) is 17.3. The zero-order chi connectivity index (χ0) is 23.1. The summed E-state index contributed by atoms with van der Waals surface area (Å²) in [5.41, 5.74) is -1.79. The van der Waals surface area contributed by atoms with Gasteiger partial charge in [0.05, 0.1) is 13.0 Å². The predicted molar refractivity (Wildman–Crippen MR) is 89.4 cm³/mol. The highest BCUT2D eigenvalue weighted by Gasteiger charge is 2.52. The number of hydrogen-bond acceptors (Lipinski definition) is 9. The predicted octanol–water partition coefficient (Wildman–Crippen LogP) is 0.111. The summed E-state index contributed by atoms with van der Waals surface area (Å²) in [7, 11) is -17.1. The highest BCUT2D eigenvalue weighted by atomic mass is 31.3. The summed E-state index contributed by atoms with van der Waals surface area (Å²) < 4.78 is 78.3. The number of nitrogens with one attached hydrogen (secondary N) is 1. The van der Waals surface area contributed by atoms with Gasteiger partial charge in [0.1, 0.15) is 12.3 Å². The molecule has 2 rings (SSSR count). The van der Waals surface area contributed by atoms with Crippen molar-refractivity contribution in [2.24, 2.45) is 0 Å². The maximum absolute atomic E-state index is 14.2. The number of alkyl halides is 2. The van der Waals surface area contributed by atoms with E-state index < -0.39 is 66.0 Å². The van der Waals surface area contributed by atoms with Gasteiger partial charge in [0, 0.05) is 11.8 Å². The van der Waals surface area contributed by atoms with Crippen LogP contribution in [0.3, 0.4) is 0 Å². The molecular weight excluding hydrogens is 487 g/mol. The van der Waals surface area contributed by atoms with E-state index in [0.29, 0.717) is 4.57 Å². The number of aromatic amines is 1. The van der Waals surface area contributed by atoms with Gasteiger partial charge in [-0.1, -0.05) is 0 Å². The molecule has 20 heteroatoms. The van der Waals surface area contributed by atoms with Gasteiger partial charge in [-0.3, -0.25) is 18.9 Å². The van der Waals surface area contributed by atoms with E-state index in [1.807, 2.05) is 4.98 Å². The minimum atomic E-state index is -5.81. The van der Waals surface area contributed by atoms with E-state index in [1.54, 1.807) is 0 Å².